The molecule has 0 heterocycles. The second-order valence-electron chi connectivity index (χ2n) is 4.52. The summed E-state index contributed by atoms with van der Waals surface area (Å²) >= 11 is 0. The quantitative estimate of drug-likeness (QED) is 0.269. The Morgan fingerprint density at radius 1 is 1.26 bits per heavy atom. The first-order valence-electron chi connectivity index (χ1n) is 6.70. The van der Waals surface area contributed by atoms with Crippen molar-refractivity contribution in [3.8, 4) is 0 Å². The van der Waals surface area contributed by atoms with Crippen molar-refractivity contribution in [3.05, 3.63) is 46.7 Å². The number of hydrogen-bond acceptors (Lipinski definition) is 5. The lowest BCUT2D eigenvalue weighted by Crippen LogP contribution is -2.28. The number of ketones is 1. The third kappa shape index (κ3) is 4.60. The smallest absolute Gasteiger partial charge is 0.344 e. The molecule has 0 saturated carbocycles. The van der Waals surface area contributed by atoms with Gasteiger partial charge in [-0.25, -0.2) is 13.6 Å². The molecule has 1 aromatic rings. The summed E-state index contributed by atoms with van der Waals surface area (Å²) < 4.78 is 31.3. The first-order chi connectivity index (χ1) is 10.8. The largest absolute Gasteiger partial charge is 0.454 e. The van der Waals surface area contributed by atoms with E-state index in [1.807, 2.05) is 0 Å². The van der Waals surface area contributed by atoms with E-state index in [1.165, 1.54) is 13.0 Å². The minimum absolute atomic E-state index is 0.0640. The summed E-state index contributed by atoms with van der Waals surface area (Å²) in [7, 11) is 0. The normalized spacial score (nSPS) is 12.6. The van der Waals surface area contributed by atoms with Crippen LogP contribution >= 0.6 is 0 Å². The van der Waals surface area contributed by atoms with Crippen LogP contribution in [0.4, 0.5) is 8.78 Å². The summed E-state index contributed by atoms with van der Waals surface area (Å²) in [6, 6.07) is 3.14. The van der Waals surface area contributed by atoms with Crippen molar-refractivity contribution in [2.45, 2.75) is 13.8 Å². The summed E-state index contributed by atoms with van der Waals surface area (Å²) in [6.07, 6.45) is 0. The predicted octanol–water partition coefficient (Wildman–Crippen LogP) is 1.30. The van der Waals surface area contributed by atoms with E-state index in [9.17, 15) is 18.4 Å². The van der Waals surface area contributed by atoms with Crippen molar-refractivity contribution in [2.75, 3.05) is 13.2 Å². The Morgan fingerprint density at radius 2 is 1.91 bits per heavy atom. The van der Waals surface area contributed by atoms with Crippen LogP contribution in [-0.2, 0) is 9.53 Å². The molecule has 124 valence electrons. The standard InChI is InChI=1S/C15H17F2N3O3/c1-3-20-14(19)12(8(2)18)15(22)23-7-11(21)9-5-4-6-10(16)13(9)17/h4-6H,3,7,18H2,1-2H3,(H2,19,20)/b12-8+. The van der Waals surface area contributed by atoms with Gasteiger partial charge in [0.15, 0.2) is 18.2 Å². The molecular formula is C15H17F2N3O3. The first kappa shape index (κ1) is 18.3. The minimum Gasteiger partial charge on any atom is -0.454 e. The Labute approximate surface area is 131 Å². The molecule has 0 radical (unpaired) electrons. The molecule has 0 aliphatic carbocycles. The van der Waals surface area contributed by atoms with E-state index < -0.39 is 35.6 Å². The van der Waals surface area contributed by atoms with Gasteiger partial charge >= 0.3 is 5.97 Å². The number of esters is 1. The maximum Gasteiger partial charge on any atom is 0.344 e. The third-order valence-electron chi connectivity index (χ3n) is 2.77. The molecule has 0 aliphatic heterocycles. The molecule has 0 spiro atoms. The Balaban J connectivity index is 2.86. The van der Waals surface area contributed by atoms with Crippen molar-refractivity contribution in [1.82, 2.24) is 0 Å². The molecule has 4 N–H and O–H groups in total. The Kier molecular flexibility index (Phi) is 6.37. The van der Waals surface area contributed by atoms with Gasteiger partial charge in [0.1, 0.15) is 11.4 Å². The van der Waals surface area contributed by atoms with Crippen LogP contribution in [0, 0.1) is 11.6 Å². The van der Waals surface area contributed by atoms with E-state index in [-0.39, 0.29) is 17.1 Å². The van der Waals surface area contributed by atoms with Gasteiger partial charge in [-0.3, -0.25) is 9.79 Å². The number of ether oxygens (including phenoxy) is 1. The molecule has 6 nitrogen and oxygen atoms in total. The average molecular weight is 325 g/mol. The predicted molar refractivity (Wildman–Crippen MR) is 80.7 cm³/mol. The highest BCUT2D eigenvalue weighted by Crippen LogP contribution is 2.12. The van der Waals surface area contributed by atoms with Crippen molar-refractivity contribution in [1.29, 1.82) is 0 Å². The summed E-state index contributed by atoms with van der Waals surface area (Å²) in [5.74, 6) is -4.45. The Hall–Kier alpha value is -2.77. The number of hydrogen-bond donors (Lipinski definition) is 2. The number of carbonyl (C=O) groups is 2. The summed E-state index contributed by atoms with van der Waals surface area (Å²) in [4.78, 5) is 27.6. The molecule has 0 aromatic heterocycles. The summed E-state index contributed by atoms with van der Waals surface area (Å²) in [5, 5.41) is 0. The molecule has 0 aliphatic rings. The number of halogens is 2. The van der Waals surface area contributed by atoms with Crippen molar-refractivity contribution >= 4 is 17.6 Å². The lowest BCUT2D eigenvalue weighted by molar-refractivity contribution is -0.137. The Bertz CT molecular complexity index is 681. The minimum atomic E-state index is -1.30. The van der Waals surface area contributed by atoms with Gasteiger partial charge in [0, 0.05) is 12.2 Å². The zero-order valence-electron chi connectivity index (χ0n) is 12.7. The molecule has 23 heavy (non-hydrogen) atoms. The van der Waals surface area contributed by atoms with Gasteiger partial charge in [0.2, 0.25) is 5.78 Å². The van der Waals surface area contributed by atoms with Gasteiger partial charge in [0.25, 0.3) is 0 Å². The zero-order valence-corrected chi connectivity index (χ0v) is 12.7. The number of aliphatic imine (C=N–C) groups is 1. The molecule has 0 fully saturated rings. The number of carbonyl (C=O) groups excluding carboxylic acids is 2. The van der Waals surface area contributed by atoms with Crippen LogP contribution in [0.3, 0.4) is 0 Å². The van der Waals surface area contributed by atoms with E-state index in [2.05, 4.69) is 4.99 Å². The zero-order chi connectivity index (χ0) is 17.6. The third-order valence-corrected chi connectivity index (χ3v) is 2.77. The van der Waals surface area contributed by atoms with Gasteiger partial charge in [-0.2, -0.15) is 0 Å². The number of allylic oxidation sites excluding steroid dienone is 1. The van der Waals surface area contributed by atoms with Gasteiger partial charge in [0.05, 0.1) is 5.56 Å². The van der Waals surface area contributed by atoms with E-state index in [1.54, 1.807) is 6.92 Å². The van der Waals surface area contributed by atoms with Gasteiger partial charge in [-0.15, -0.1) is 0 Å². The van der Waals surface area contributed by atoms with E-state index in [4.69, 9.17) is 16.2 Å². The molecular weight excluding hydrogens is 308 g/mol. The molecule has 0 saturated heterocycles. The van der Waals surface area contributed by atoms with Crippen LogP contribution < -0.4 is 11.5 Å². The number of Topliss-reactive ketones (excluding diaryl/α,β-unsaturated/α-hetero) is 1. The van der Waals surface area contributed by atoms with Crippen molar-refractivity contribution in [2.24, 2.45) is 16.5 Å². The molecule has 0 unspecified atom stereocenters. The number of nitrogens with zero attached hydrogens (tertiary/aromatic N) is 1. The second kappa shape index (κ2) is 8.02. The highest BCUT2D eigenvalue weighted by Gasteiger charge is 2.21. The van der Waals surface area contributed by atoms with Crippen molar-refractivity contribution in [3.63, 3.8) is 0 Å². The van der Waals surface area contributed by atoms with Crippen LogP contribution in [-0.4, -0.2) is 30.7 Å². The Morgan fingerprint density at radius 3 is 2.48 bits per heavy atom. The molecule has 1 aromatic carbocycles. The number of rotatable bonds is 6. The molecule has 1 rings (SSSR count). The SMILES string of the molecule is CCN=C(N)/C(C(=O)OCC(=O)c1cccc(F)c1F)=C(/C)N. The van der Waals surface area contributed by atoms with Crippen LogP contribution in [0.2, 0.25) is 0 Å². The number of amidine groups is 1. The summed E-state index contributed by atoms with van der Waals surface area (Å²) in [6.45, 7) is 2.67. The van der Waals surface area contributed by atoms with E-state index in [0.29, 0.717) is 6.54 Å². The maximum absolute atomic E-state index is 13.5. The number of nitrogens with two attached hydrogens (primary N) is 2. The molecule has 0 atom stereocenters. The highest BCUT2D eigenvalue weighted by atomic mass is 19.2. The van der Waals surface area contributed by atoms with E-state index in [0.717, 1.165) is 12.1 Å². The first-order valence-corrected chi connectivity index (χ1v) is 6.70. The van der Waals surface area contributed by atoms with E-state index >= 15 is 0 Å². The monoisotopic (exact) mass is 325 g/mol. The number of benzene rings is 1. The fraction of sp³-hybridized carbons (Fsp3) is 0.267. The van der Waals surface area contributed by atoms with Gasteiger partial charge in [-0.05, 0) is 26.0 Å². The van der Waals surface area contributed by atoms with Crippen LogP contribution in [0.15, 0.2) is 34.5 Å². The highest BCUT2D eigenvalue weighted by molar-refractivity contribution is 6.19. The average Bonchev–Trinajstić information content (AvgIpc) is 2.47. The lowest BCUT2D eigenvalue weighted by atomic mass is 10.1. The topological polar surface area (TPSA) is 108 Å². The molecule has 0 amide bonds. The fourth-order valence-electron chi connectivity index (χ4n) is 1.72. The maximum atomic E-state index is 13.5. The van der Waals surface area contributed by atoms with Crippen LogP contribution in [0.5, 0.6) is 0 Å². The fourth-order valence-corrected chi connectivity index (χ4v) is 1.72. The van der Waals surface area contributed by atoms with Crippen molar-refractivity contribution < 1.29 is 23.1 Å². The molecule has 8 heteroatoms. The second-order valence-corrected chi connectivity index (χ2v) is 4.52. The van der Waals surface area contributed by atoms with Crippen LogP contribution in [0.25, 0.3) is 0 Å². The molecule has 0 bridgehead atoms. The van der Waals surface area contributed by atoms with Gasteiger partial charge in [-0.1, -0.05) is 6.07 Å². The van der Waals surface area contributed by atoms with Gasteiger partial charge < -0.3 is 16.2 Å². The summed E-state index contributed by atoms with van der Waals surface area (Å²) in [5.41, 5.74) is 10.5. The van der Waals surface area contributed by atoms with Crippen LogP contribution in [0.1, 0.15) is 24.2 Å². The lowest BCUT2D eigenvalue weighted by Gasteiger charge is -2.09.